The molecule has 0 spiro atoms. The summed E-state index contributed by atoms with van der Waals surface area (Å²) in [6.45, 7) is 0.954. The van der Waals surface area contributed by atoms with Crippen molar-refractivity contribution in [2.75, 3.05) is 7.11 Å². The lowest BCUT2D eigenvalue weighted by atomic mass is 10.3. The van der Waals surface area contributed by atoms with Gasteiger partial charge in [-0.2, -0.15) is 0 Å². The summed E-state index contributed by atoms with van der Waals surface area (Å²) in [5, 5.41) is 0. The predicted octanol–water partition coefficient (Wildman–Crippen LogP) is -0.196. The molecule has 0 aliphatic heterocycles. The monoisotopic (exact) mass is 121 g/mol. The molecule has 2 N–H and O–H groups in total. The van der Waals surface area contributed by atoms with Crippen molar-refractivity contribution in [3.8, 4) is 0 Å². The number of hydrogen-bond donors (Lipinski definition) is 1. The number of carbonyl (C=O) groups excluding carboxylic acids is 1. The molecule has 8 heavy (non-hydrogen) atoms. The summed E-state index contributed by atoms with van der Waals surface area (Å²) in [6.07, 6.45) is 0. The molecule has 0 heterocycles. The topological polar surface area (TPSA) is 52.3 Å². The number of halogens is 1. The second-order valence-electron chi connectivity index (χ2n) is 1.49. The Bertz CT molecular complexity index is 102. The van der Waals surface area contributed by atoms with E-state index in [4.69, 9.17) is 0 Å². The van der Waals surface area contributed by atoms with E-state index in [0.29, 0.717) is 0 Å². The van der Waals surface area contributed by atoms with Crippen LogP contribution in [0.4, 0.5) is 4.39 Å². The van der Waals surface area contributed by atoms with Gasteiger partial charge in [0, 0.05) is 14.0 Å². The highest BCUT2D eigenvalue weighted by molar-refractivity contribution is 5.81. The van der Waals surface area contributed by atoms with Gasteiger partial charge in [0.2, 0.25) is 0 Å². The average Bonchev–Trinajstić information content (AvgIpc) is 1.67. The molecular formula is C4H8FNO2. The Hall–Kier alpha value is -0.640. The third-order valence-corrected chi connectivity index (χ3v) is 0.823. The van der Waals surface area contributed by atoms with Crippen LogP contribution in [0.1, 0.15) is 6.92 Å². The molecule has 1 unspecified atom stereocenters. The van der Waals surface area contributed by atoms with E-state index in [9.17, 15) is 9.18 Å². The summed E-state index contributed by atoms with van der Waals surface area (Å²) in [5.41, 5.74) is 4.54. The van der Waals surface area contributed by atoms with Gasteiger partial charge in [0.15, 0.2) is 0 Å². The molecule has 0 aliphatic carbocycles. The molecule has 48 valence electrons. The third kappa shape index (κ3) is 1.46. The van der Waals surface area contributed by atoms with Crippen LogP contribution in [-0.2, 0) is 9.53 Å². The van der Waals surface area contributed by atoms with Crippen LogP contribution in [0.25, 0.3) is 0 Å². The van der Waals surface area contributed by atoms with Crippen LogP contribution in [0.2, 0.25) is 0 Å². The Balaban J connectivity index is 3.91. The first kappa shape index (κ1) is 7.36. The number of ether oxygens (including phenoxy) is 1. The van der Waals surface area contributed by atoms with E-state index < -0.39 is 11.8 Å². The normalized spacial score (nSPS) is 17.4. The fourth-order valence-electron chi connectivity index (χ4n) is 0.101. The summed E-state index contributed by atoms with van der Waals surface area (Å²) >= 11 is 0. The first-order chi connectivity index (χ1) is 3.50. The van der Waals surface area contributed by atoms with Crippen LogP contribution in [0.3, 0.4) is 0 Å². The Kier molecular flexibility index (Phi) is 1.92. The number of amides is 1. The highest BCUT2D eigenvalue weighted by Gasteiger charge is 2.29. The van der Waals surface area contributed by atoms with E-state index in [1.165, 1.54) is 0 Å². The average molecular weight is 121 g/mol. The van der Waals surface area contributed by atoms with Gasteiger partial charge in [-0.05, 0) is 0 Å². The zero-order valence-electron chi connectivity index (χ0n) is 4.77. The fraction of sp³-hybridized carbons (Fsp3) is 0.750. The molecular weight excluding hydrogens is 113 g/mol. The number of carbonyl (C=O) groups is 1. The van der Waals surface area contributed by atoms with Crippen molar-refractivity contribution in [1.29, 1.82) is 0 Å². The zero-order valence-corrected chi connectivity index (χ0v) is 4.77. The lowest BCUT2D eigenvalue weighted by Crippen LogP contribution is -2.38. The Morgan fingerprint density at radius 1 is 1.88 bits per heavy atom. The van der Waals surface area contributed by atoms with Crippen LogP contribution in [0.5, 0.6) is 0 Å². The largest absolute Gasteiger partial charge is 0.365 e. The molecule has 1 amide bonds. The molecule has 0 aromatic rings. The molecule has 1 atom stereocenters. The summed E-state index contributed by atoms with van der Waals surface area (Å²) in [7, 11) is 1.07. The molecule has 4 heteroatoms. The van der Waals surface area contributed by atoms with E-state index in [2.05, 4.69) is 10.5 Å². The summed E-state index contributed by atoms with van der Waals surface area (Å²) in [4.78, 5) is 9.97. The number of nitrogens with two attached hydrogens (primary N) is 1. The van der Waals surface area contributed by atoms with Gasteiger partial charge in [0.1, 0.15) is 0 Å². The minimum Gasteiger partial charge on any atom is -0.365 e. The van der Waals surface area contributed by atoms with Gasteiger partial charge >= 0.3 is 0 Å². The third-order valence-electron chi connectivity index (χ3n) is 0.823. The maximum atomic E-state index is 12.2. The second kappa shape index (κ2) is 2.09. The number of primary amides is 1. The second-order valence-corrected chi connectivity index (χ2v) is 1.49. The van der Waals surface area contributed by atoms with Crippen molar-refractivity contribution < 1.29 is 13.9 Å². The first-order valence-corrected chi connectivity index (χ1v) is 2.04. The van der Waals surface area contributed by atoms with E-state index in [0.717, 1.165) is 14.0 Å². The van der Waals surface area contributed by atoms with Crippen molar-refractivity contribution in [2.24, 2.45) is 5.73 Å². The van der Waals surface area contributed by atoms with Crippen molar-refractivity contribution in [3.05, 3.63) is 0 Å². The lowest BCUT2D eigenvalue weighted by molar-refractivity contribution is -0.160. The number of alkyl halides is 1. The molecule has 3 nitrogen and oxygen atoms in total. The Labute approximate surface area is 46.6 Å². The Morgan fingerprint density at radius 3 is 2.25 bits per heavy atom. The molecule has 0 saturated heterocycles. The number of methoxy groups -OCH3 is 1. The molecule has 0 aromatic heterocycles. The van der Waals surface area contributed by atoms with Crippen molar-refractivity contribution in [2.45, 2.75) is 12.8 Å². The van der Waals surface area contributed by atoms with Crippen LogP contribution in [-0.4, -0.2) is 18.9 Å². The summed E-state index contributed by atoms with van der Waals surface area (Å²) < 4.78 is 16.3. The minimum atomic E-state index is -2.32. The number of hydrogen-bond acceptors (Lipinski definition) is 2. The maximum Gasteiger partial charge on any atom is 0.285 e. The van der Waals surface area contributed by atoms with Crippen LogP contribution in [0, 0.1) is 0 Å². The van der Waals surface area contributed by atoms with E-state index in [1.54, 1.807) is 0 Å². The van der Waals surface area contributed by atoms with Crippen molar-refractivity contribution in [1.82, 2.24) is 0 Å². The zero-order chi connectivity index (χ0) is 6.78. The quantitative estimate of drug-likeness (QED) is 0.550. The van der Waals surface area contributed by atoms with Gasteiger partial charge in [-0.1, -0.05) is 0 Å². The van der Waals surface area contributed by atoms with Gasteiger partial charge < -0.3 is 10.5 Å². The van der Waals surface area contributed by atoms with Crippen molar-refractivity contribution >= 4 is 5.91 Å². The molecule has 0 aliphatic rings. The van der Waals surface area contributed by atoms with Crippen LogP contribution >= 0.6 is 0 Å². The van der Waals surface area contributed by atoms with Gasteiger partial charge in [-0.15, -0.1) is 0 Å². The number of rotatable bonds is 2. The van der Waals surface area contributed by atoms with Gasteiger partial charge in [0.25, 0.3) is 11.8 Å². The van der Waals surface area contributed by atoms with Gasteiger partial charge in [-0.3, -0.25) is 4.79 Å². The lowest BCUT2D eigenvalue weighted by Gasteiger charge is -2.11. The molecule has 0 radical (unpaired) electrons. The first-order valence-electron chi connectivity index (χ1n) is 2.04. The summed E-state index contributed by atoms with van der Waals surface area (Å²) in [5.74, 6) is -3.43. The molecule has 0 bridgehead atoms. The maximum absolute atomic E-state index is 12.2. The fourth-order valence-corrected chi connectivity index (χ4v) is 0.101. The predicted molar refractivity (Wildman–Crippen MR) is 25.7 cm³/mol. The minimum absolute atomic E-state index is 0.954. The Morgan fingerprint density at radius 2 is 2.25 bits per heavy atom. The van der Waals surface area contributed by atoms with Gasteiger partial charge in [-0.25, -0.2) is 4.39 Å². The summed E-state index contributed by atoms with van der Waals surface area (Å²) in [6, 6.07) is 0. The highest BCUT2D eigenvalue weighted by atomic mass is 19.2. The van der Waals surface area contributed by atoms with Crippen molar-refractivity contribution in [3.63, 3.8) is 0 Å². The smallest absolute Gasteiger partial charge is 0.285 e. The molecule has 0 rings (SSSR count). The molecule has 0 saturated carbocycles. The molecule has 0 fully saturated rings. The van der Waals surface area contributed by atoms with Gasteiger partial charge in [0.05, 0.1) is 0 Å². The highest BCUT2D eigenvalue weighted by Crippen LogP contribution is 2.07. The standard InChI is InChI=1S/C4H8FNO2/c1-4(5,8-2)3(6)7/h1-2H3,(H2,6,7). The van der Waals surface area contributed by atoms with Crippen LogP contribution in [0.15, 0.2) is 0 Å². The van der Waals surface area contributed by atoms with Crippen LogP contribution < -0.4 is 5.73 Å². The molecule has 0 aromatic carbocycles. The van der Waals surface area contributed by atoms with E-state index in [-0.39, 0.29) is 0 Å². The van der Waals surface area contributed by atoms with E-state index >= 15 is 0 Å². The SMILES string of the molecule is COC(C)(F)C(N)=O. The van der Waals surface area contributed by atoms with E-state index in [1.807, 2.05) is 0 Å².